The lowest BCUT2D eigenvalue weighted by atomic mass is 9.95. The van der Waals surface area contributed by atoms with Gasteiger partial charge in [0.1, 0.15) is 6.10 Å². The van der Waals surface area contributed by atoms with E-state index in [1.165, 1.54) is 5.56 Å². The molecule has 1 aliphatic rings. The summed E-state index contributed by atoms with van der Waals surface area (Å²) in [6.07, 6.45) is 2.76. The molecule has 20 heavy (non-hydrogen) atoms. The number of aromatic nitrogens is 1. The Morgan fingerprint density at radius 3 is 2.70 bits per heavy atom. The zero-order valence-electron chi connectivity index (χ0n) is 11.1. The van der Waals surface area contributed by atoms with Crippen LogP contribution in [0.15, 0.2) is 48.7 Å². The molecule has 1 fully saturated rings. The Balaban J connectivity index is 1.83. The number of benzene rings is 1. The van der Waals surface area contributed by atoms with Gasteiger partial charge in [0, 0.05) is 24.7 Å². The second kappa shape index (κ2) is 6.25. The summed E-state index contributed by atoms with van der Waals surface area (Å²) in [6, 6.07) is 14.0. The summed E-state index contributed by atoms with van der Waals surface area (Å²) in [4.78, 5) is 4.24. The summed E-state index contributed by atoms with van der Waals surface area (Å²) in [5.74, 6) is 1.09. The molecule has 0 aliphatic carbocycles. The third-order valence-electron chi connectivity index (χ3n) is 3.60. The van der Waals surface area contributed by atoms with Crippen molar-refractivity contribution in [1.29, 1.82) is 0 Å². The van der Waals surface area contributed by atoms with Crippen molar-refractivity contribution in [3.8, 4) is 5.88 Å². The smallest absolute Gasteiger partial charge is 0.213 e. The maximum atomic E-state index is 6.13. The van der Waals surface area contributed by atoms with Crippen molar-refractivity contribution in [2.45, 2.75) is 12.5 Å². The molecule has 2 atom stereocenters. The van der Waals surface area contributed by atoms with E-state index >= 15 is 0 Å². The molecule has 3 rings (SSSR count). The van der Waals surface area contributed by atoms with Crippen LogP contribution in [0.5, 0.6) is 5.88 Å². The number of nitrogens with one attached hydrogen (secondary N) is 1. The highest BCUT2D eigenvalue weighted by atomic mass is 35.5. The molecule has 1 aromatic heterocycles. The minimum Gasteiger partial charge on any atom is -0.469 e. The average Bonchev–Trinajstić information content (AvgIpc) is 3.01. The van der Waals surface area contributed by atoms with Gasteiger partial charge < -0.3 is 10.1 Å². The number of ether oxygens (including phenoxy) is 1. The minimum atomic E-state index is 0.0277. The van der Waals surface area contributed by atoms with E-state index < -0.39 is 0 Å². The summed E-state index contributed by atoms with van der Waals surface area (Å²) in [5.41, 5.74) is 1.19. The number of halogens is 1. The van der Waals surface area contributed by atoms with Gasteiger partial charge in [-0.05, 0) is 24.6 Å². The van der Waals surface area contributed by atoms with Crippen LogP contribution in [-0.4, -0.2) is 18.1 Å². The van der Waals surface area contributed by atoms with E-state index in [0.29, 0.717) is 16.8 Å². The number of hydrogen-bond donors (Lipinski definition) is 1. The summed E-state index contributed by atoms with van der Waals surface area (Å²) >= 11 is 5.86. The fourth-order valence-electron chi connectivity index (χ4n) is 2.58. The Morgan fingerprint density at radius 1 is 1.20 bits per heavy atom. The molecular weight excluding hydrogens is 272 g/mol. The minimum absolute atomic E-state index is 0.0277. The number of pyridine rings is 1. The van der Waals surface area contributed by atoms with Crippen LogP contribution in [0.25, 0.3) is 0 Å². The van der Waals surface area contributed by atoms with Gasteiger partial charge >= 0.3 is 0 Å². The van der Waals surface area contributed by atoms with Crippen LogP contribution < -0.4 is 10.1 Å². The summed E-state index contributed by atoms with van der Waals surface area (Å²) < 4.78 is 6.13. The first-order chi connectivity index (χ1) is 9.83. The monoisotopic (exact) mass is 288 g/mol. The Labute approximate surface area is 123 Å². The quantitative estimate of drug-likeness (QED) is 0.935. The number of nitrogens with zero attached hydrogens (tertiary/aromatic N) is 1. The van der Waals surface area contributed by atoms with E-state index in [-0.39, 0.29) is 6.10 Å². The van der Waals surface area contributed by atoms with Crippen LogP contribution in [-0.2, 0) is 0 Å². The fourth-order valence-corrected chi connectivity index (χ4v) is 2.69. The Kier molecular flexibility index (Phi) is 4.19. The molecule has 1 aromatic carbocycles. The highest BCUT2D eigenvalue weighted by molar-refractivity contribution is 6.30. The lowest BCUT2D eigenvalue weighted by Crippen LogP contribution is -2.21. The van der Waals surface area contributed by atoms with Gasteiger partial charge in [-0.3, -0.25) is 0 Å². The van der Waals surface area contributed by atoms with E-state index in [0.717, 1.165) is 19.5 Å². The van der Waals surface area contributed by atoms with E-state index in [2.05, 4.69) is 22.4 Å². The van der Waals surface area contributed by atoms with E-state index in [4.69, 9.17) is 16.3 Å². The number of hydrogen-bond acceptors (Lipinski definition) is 3. The van der Waals surface area contributed by atoms with Crippen molar-refractivity contribution in [1.82, 2.24) is 10.3 Å². The summed E-state index contributed by atoms with van der Waals surface area (Å²) in [5, 5.41) is 4.02. The normalized spacial score (nSPS) is 19.8. The highest BCUT2D eigenvalue weighted by Crippen LogP contribution is 2.31. The number of rotatable bonds is 4. The molecule has 1 saturated heterocycles. The van der Waals surface area contributed by atoms with Crippen LogP contribution in [0.4, 0.5) is 0 Å². The predicted molar refractivity (Wildman–Crippen MR) is 80.0 cm³/mol. The molecule has 2 unspecified atom stereocenters. The highest BCUT2D eigenvalue weighted by Gasteiger charge is 2.28. The molecule has 0 spiro atoms. The van der Waals surface area contributed by atoms with Crippen molar-refractivity contribution >= 4 is 11.6 Å². The average molecular weight is 289 g/mol. The van der Waals surface area contributed by atoms with Crippen LogP contribution in [0.2, 0.25) is 5.02 Å². The molecule has 2 heterocycles. The maximum Gasteiger partial charge on any atom is 0.213 e. The zero-order chi connectivity index (χ0) is 13.8. The van der Waals surface area contributed by atoms with E-state index in [1.54, 1.807) is 12.3 Å². The van der Waals surface area contributed by atoms with Gasteiger partial charge in [-0.15, -0.1) is 0 Å². The summed E-state index contributed by atoms with van der Waals surface area (Å²) in [6.45, 7) is 2.03. The van der Waals surface area contributed by atoms with Crippen molar-refractivity contribution in [2.24, 2.45) is 5.92 Å². The summed E-state index contributed by atoms with van der Waals surface area (Å²) in [7, 11) is 0. The predicted octanol–water partition coefficient (Wildman–Crippen LogP) is 3.46. The van der Waals surface area contributed by atoms with E-state index in [9.17, 15) is 0 Å². The van der Waals surface area contributed by atoms with Gasteiger partial charge in [0.2, 0.25) is 5.88 Å². The first-order valence-corrected chi connectivity index (χ1v) is 7.24. The third-order valence-corrected chi connectivity index (χ3v) is 3.83. The molecule has 4 heteroatoms. The second-order valence-corrected chi connectivity index (χ2v) is 5.45. The molecule has 0 radical (unpaired) electrons. The second-order valence-electron chi connectivity index (χ2n) is 5.02. The van der Waals surface area contributed by atoms with Crippen LogP contribution in [0, 0.1) is 5.92 Å². The first kappa shape index (κ1) is 13.4. The van der Waals surface area contributed by atoms with Crippen LogP contribution in [0.3, 0.4) is 0 Å². The fraction of sp³-hybridized carbons (Fsp3) is 0.312. The van der Waals surface area contributed by atoms with Gasteiger partial charge in [0.15, 0.2) is 0 Å². The van der Waals surface area contributed by atoms with Crippen LogP contribution >= 0.6 is 11.6 Å². The van der Waals surface area contributed by atoms with Gasteiger partial charge in [-0.2, -0.15) is 0 Å². The van der Waals surface area contributed by atoms with Gasteiger partial charge in [0.05, 0.1) is 5.02 Å². The molecule has 0 saturated carbocycles. The lowest BCUT2D eigenvalue weighted by Gasteiger charge is -2.24. The Bertz CT molecular complexity index is 538. The van der Waals surface area contributed by atoms with Gasteiger partial charge in [0.25, 0.3) is 0 Å². The molecule has 104 valence electrons. The van der Waals surface area contributed by atoms with Gasteiger partial charge in [-0.25, -0.2) is 4.98 Å². The Morgan fingerprint density at radius 2 is 2.05 bits per heavy atom. The SMILES string of the molecule is Clc1ccc(OC(c2ccccc2)C2CCNC2)nc1. The molecule has 1 N–H and O–H groups in total. The molecular formula is C16H17ClN2O. The largest absolute Gasteiger partial charge is 0.469 e. The first-order valence-electron chi connectivity index (χ1n) is 6.87. The topological polar surface area (TPSA) is 34.1 Å². The third kappa shape index (κ3) is 3.11. The zero-order valence-corrected chi connectivity index (χ0v) is 11.9. The molecule has 3 nitrogen and oxygen atoms in total. The van der Waals surface area contributed by atoms with E-state index in [1.807, 2.05) is 24.3 Å². The molecule has 0 amide bonds. The maximum absolute atomic E-state index is 6.13. The Hall–Kier alpha value is -1.58. The molecule has 2 aromatic rings. The van der Waals surface area contributed by atoms with Crippen molar-refractivity contribution in [2.75, 3.05) is 13.1 Å². The standard InChI is InChI=1S/C16H17ClN2O/c17-14-6-7-15(19-11-14)20-16(13-8-9-18-10-13)12-4-2-1-3-5-12/h1-7,11,13,16,18H,8-10H2. The van der Waals surface area contributed by atoms with Gasteiger partial charge in [-0.1, -0.05) is 41.9 Å². The lowest BCUT2D eigenvalue weighted by molar-refractivity contribution is 0.138. The van der Waals surface area contributed by atoms with Crippen molar-refractivity contribution in [3.05, 3.63) is 59.2 Å². The van der Waals surface area contributed by atoms with Crippen molar-refractivity contribution in [3.63, 3.8) is 0 Å². The van der Waals surface area contributed by atoms with Crippen LogP contribution in [0.1, 0.15) is 18.1 Å². The molecule has 1 aliphatic heterocycles. The van der Waals surface area contributed by atoms with Crippen molar-refractivity contribution < 1.29 is 4.74 Å². The molecule has 0 bridgehead atoms.